The average Bonchev–Trinajstić information content (AvgIpc) is 3.00. The maximum absolute atomic E-state index is 12.3. The molecule has 1 amide bonds. The number of pyridine rings is 1. The van der Waals surface area contributed by atoms with Crippen LogP contribution in [0.1, 0.15) is 41.7 Å². The summed E-state index contributed by atoms with van der Waals surface area (Å²) in [6, 6.07) is 2.12. The molecular formula is C14H20N4O. The number of hydrogen-bond donors (Lipinski definition) is 3. The van der Waals surface area contributed by atoms with Crippen molar-refractivity contribution in [3.63, 3.8) is 0 Å². The largest absolute Gasteiger partial charge is 0.349 e. The molecule has 0 radical (unpaired) electrons. The molecule has 0 aromatic carbocycles. The zero-order valence-corrected chi connectivity index (χ0v) is 11.1. The summed E-state index contributed by atoms with van der Waals surface area (Å²) in [7, 11) is 0. The minimum Gasteiger partial charge on any atom is -0.349 e. The molecule has 1 heterocycles. The summed E-state index contributed by atoms with van der Waals surface area (Å²) in [4.78, 5) is 16.5. The molecule has 0 aliphatic heterocycles. The van der Waals surface area contributed by atoms with E-state index in [-0.39, 0.29) is 5.91 Å². The molecule has 3 atom stereocenters. The molecule has 2 fully saturated rings. The van der Waals surface area contributed by atoms with Gasteiger partial charge in [-0.3, -0.25) is 15.6 Å². The highest BCUT2D eigenvalue weighted by Crippen LogP contribution is 2.44. The van der Waals surface area contributed by atoms with Gasteiger partial charge in [-0.05, 0) is 44.1 Å². The van der Waals surface area contributed by atoms with Gasteiger partial charge in [0, 0.05) is 17.9 Å². The van der Waals surface area contributed by atoms with E-state index in [9.17, 15) is 4.79 Å². The van der Waals surface area contributed by atoms with Crippen LogP contribution in [-0.2, 0) is 0 Å². The molecule has 2 aliphatic rings. The summed E-state index contributed by atoms with van der Waals surface area (Å²) in [6.45, 7) is 1.87. The lowest BCUT2D eigenvalue weighted by Crippen LogP contribution is -2.39. The molecule has 3 unspecified atom stereocenters. The highest BCUT2D eigenvalue weighted by Gasteiger charge is 2.40. The van der Waals surface area contributed by atoms with Crippen molar-refractivity contribution in [3.05, 3.63) is 23.5 Å². The van der Waals surface area contributed by atoms with Crippen LogP contribution in [0.25, 0.3) is 0 Å². The Balaban J connectivity index is 1.73. The van der Waals surface area contributed by atoms with Crippen molar-refractivity contribution < 1.29 is 4.79 Å². The average molecular weight is 260 g/mol. The number of nitrogens with two attached hydrogens (primary N) is 1. The van der Waals surface area contributed by atoms with Crippen LogP contribution >= 0.6 is 0 Å². The Morgan fingerprint density at radius 3 is 2.89 bits per heavy atom. The first-order valence-electron chi connectivity index (χ1n) is 6.91. The molecule has 0 spiro atoms. The number of hydrogen-bond acceptors (Lipinski definition) is 4. The SMILES string of the molecule is Cc1cc(NN)c(C(=O)NC2CC3CCC2C3)cn1. The summed E-state index contributed by atoms with van der Waals surface area (Å²) in [5, 5.41) is 3.15. The van der Waals surface area contributed by atoms with E-state index < -0.39 is 0 Å². The zero-order chi connectivity index (χ0) is 13.4. The lowest BCUT2D eigenvalue weighted by Gasteiger charge is -2.23. The third kappa shape index (κ3) is 2.30. The van der Waals surface area contributed by atoms with Crippen molar-refractivity contribution in [2.75, 3.05) is 5.43 Å². The summed E-state index contributed by atoms with van der Waals surface area (Å²) in [5.74, 6) is 6.88. The number of nitrogens with zero attached hydrogens (tertiary/aromatic N) is 1. The van der Waals surface area contributed by atoms with Gasteiger partial charge < -0.3 is 10.7 Å². The van der Waals surface area contributed by atoms with E-state index >= 15 is 0 Å². The second-order valence-electron chi connectivity index (χ2n) is 5.77. The molecule has 3 rings (SSSR count). The Bertz CT molecular complexity index is 502. The third-order valence-corrected chi connectivity index (χ3v) is 4.50. The molecule has 2 saturated carbocycles. The van der Waals surface area contributed by atoms with E-state index in [0.717, 1.165) is 18.0 Å². The second kappa shape index (κ2) is 4.81. The van der Waals surface area contributed by atoms with Crippen LogP contribution in [-0.4, -0.2) is 16.9 Å². The topological polar surface area (TPSA) is 80.0 Å². The van der Waals surface area contributed by atoms with E-state index in [1.807, 2.05) is 6.92 Å². The number of rotatable bonds is 3. The number of carbonyl (C=O) groups is 1. The van der Waals surface area contributed by atoms with Gasteiger partial charge in [0.25, 0.3) is 5.91 Å². The number of aryl methyl sites for hydroxylation is 1. The first kappa shape index (κ1) is 12.4. The van der Waals surface area contributed by atoms with Gasteiger partial charge in [-0.1, -0.05) is 6.42 Å². The fraction of sp³-hybridized carbons (Fsp3) is 0.571. The minimum atomic E-state index is -0.0713. The van der Waals surface area contributed by atoms with Crippen LogP contribution in [0.2, 0.25) is 0 Å². The van der Waals surface area contributed by atoms with E-state index in [0.29, 0.717) is 23.2 Å². The molecular weight excluding hydrogens is 240 g/mol. The van der Waals surface area contributed by atoms with Crippen LogP contribution in [0.3, 0.4) is 0 Å². The van der Waals surface area contributed by atoms with Crippen molar-refractivity contribution in [2.24, 2.45) is 17.7 Å². The lowest BCUT2D eigenvalue weighted by atomic mass is 9.95. The van der Waals surface area contributed by atoms with Crippen molar-refractivity contribution >= 4 is 11.6 Å². The van der Waals surface area contributed by atoms with Gasteiger partial charge in [0.05, 0.1) is 11.3 Å². The summed E-state index contributed by atoms with van der Waals surface area (Å²) < 4.78 is 0. The van der Waals surface area contributed by atoms with Gasteiger partial charge in [0.2, 0.25) is 0 Å². The predicted molar refractivity (Wildman–Crippen MR) is 73.5 cm³/mol. The second-order valence-corrected chi connectivity index (χ2v) is 5.77. The quantitative estimate of drug-likeness (QED) is 0.569. The molecule has 1 aromatic rings. The number of aromatic nitrogens is 1. The Kier molecular flexibility index (Phi) is 3.14. The van der Waals surface area contributed by atoms with E-state index in [1.165, 1.54) is 19.3 Å². The molecule has 1 aromatic heterocycles. The predicted octanol–water partition coefficient (Wildman–Crippen LogP) is 1.59. The Morgan fingerprint density at radius 2 is 2.26 bits per heavy atom. The van der Waals surface area contributed by atoms with Gasteiger partial charge in [0.1, 0.15) is 0 Å². The molecule has 102 valence electrons. The smallest absolute Gasteiger partial charge is 0.255 e. The van der Waals surface area contributed by atoms with Crippen LogP contribution < -0.4 is 16.6 Å². The number of hydrazine groups is 1. The molecule has 4 N–H and O–H groups in total. The van der Waals surface area contributed by atoms with Crippen molar-refractivity contribution in [1.29, 1.82) is 0 Å². The first-order valence-corrected chi connectivity index (χ1v) is 6.91. The van der Waals surface area contributed by atoms with Gasteiger partial charge in [-0.2, -0.15) is 0 Å². The maximum Gasteiger partial charge on any atom is 0.255 e. The van der Waals surface area contributed by atoms with Gasteiger partial charge in [-0.15, -0.1) is 0 Å². The monoisotopic (exact) mass is 260 g/mol. The fourth-order valence-electron chi connectivity index (χ4n) is 3.53. The number of amides is 1. The molecule has 2 bridgehead atoms. The summed E-state index contributed by atoms with van der Waals surface area (Å²) in [6.07, 6.45) is 6.58. The molecule has 5 heteroatoms. The van der Waals surface area contributed by atoms with Crippen LogP contribution in [0.5, 0.6) is 0 Å². The number of anilines is 1. The van der Waals surface area contributed by atoms with E-state index in [1.54, 1.807) is 12.3 Å². The normalized spacial score (nSPS) is 28.4. The highest BCUT2D eigenvalue weighted by molar-refractivity contribution is 5.99. The van der Waals surface area contributed by atoms with Crippen molar-refractivity contribution in [3.8, 4) is 0 Å². The van der Waals surface area contributed by atoms with E-state index in [4.69, 9.17) is 5.84 Å². The molecule has 19 heavy (non-hydrogen) atoms. The number of carbonyl (C=O) groups excluding carboxylic acids is 1. The summed E-state index contributed by atoms with van der Waals surface area (Å²) in [5.41, 5.74) is 4.57. The Labute approximate surface area is 112 Å². The fourth-order valence-corrected chi connectivity index (χ4v) is 3.53. The lowest BCUT2D eigenvalue weighted by molar-refractivity contribution is 0.0923. The van der Waals surface area contributed by atoms with Crippen molar-refractivity contribution in [1.82, 2.24) is 10.3 Å². The van der Waals surface area contributed by atoms with E-state index in [2.05, 4.69) is 15.7 Å². The van der Waals surface area contributed by atoms with Gasteiger partial charge in [-0.25, -0.2) is 0 Å². The third-order valence-electron chi connectivity index (χ3n) is 4.50. The van der Waals surface area contributed by atoms with Crippen molar-refractivity contribution in [2.45, 2.75) is 38.6 Å². The number of nitrogen functional groups attached to an aromatic ring is 1. The zero-order valence-electron chi connectivity index (χ0n) is 11.1. The Hall–Kier alpha value is -1.62. The first-order chi connectivity index (χ1) is 9.17. The Morgan fingerprint density at radius 1 is 1.42 bits per heavy atom. The van der Waals surface area contributed by atoms with Crippen LogP contribution in [0.15, 0.2) is 12.3 Å². The summed E-state index contributed by atoms with van der Waals surface area (Å²) >= 11 is 0. The van der Waals surface area contributed by atoms with Crippen LogP contribution in [0.4, 0.5) is 5.69 Å². The highest BCUT2D eigenvalue weighted by atomic mass is 16.1. The van der Waals surface area contributed by atoms with Gasteiger partial charge in [0.15, 0.2) is 0 Å². The maximum atomic E-state index is 12.3. The minimum absolute atomic E-state index is 0.0713. The standard InChI is InChI=1S/C14H20N4O/c1-8-4-13(18-15)11(7-16-8)14(19)17-12-6-9-2-3-10(12)5-9/h4,7,9-10,12H,2-3,5-6,15H2,1H3,(H,16,18)(H,17,19). The molecule has 2 aliphatic carbocycles. The number of nitrogens with one attached hydrogen (secondary N) is 2. The number of fused-ring (bicyclic) bond motifs is 2. The van der Waals surface area contributed by atoms with Gasteiger partial charge >= 0.3 is 0 Å². The van der Waals surface area contributed by atoms with Crippen LogP contribution in [0, 0.1) is 18.8 Å². The molecule has 0 saturated heterocycles. The molecule has 5 nitrogen and oxygen atoms in total.